The third-order valence-corrected chi connectivity index (χ3v) is 3.94. The Bertz CT molecular complexity index is 921. The smallest absolute Gasteiger partial charge is 0.416 e. The summed E-state index contributed by atoms with van der Waals surface area (Å²) in [5, 5.41) is 1.62. The molecule has 0 radical (unpaired) electrons. The molecule has 6 heteroatoms. The maximum atomic E-state index is 12.9. The molecule has 110 valence electrons. The lowest BCUT2D eigenvalue weighted by Gasteiger charge is -2.22. The van der Waals surface area contributed by atoms with Crippen LogP contribution in [0.2, 0.25) is 5.15 Å². The van der Waals surface area contributed by atoms with Crippen molar-refractivity contribution in [1.29, 1.82) is 0 Å². The standard InChI is InChI=1S/C16H7ClF3NO/c17-15-9-2-1-3-13-14(9)11(7-21-15)10-6-8(16(18,19)20)4-5-12(10)22-13/h1-7H. The van der Waals surface area contributed by atoms with Crippen molar-refractivity contribution in [2.24, 2.45) is 0 Å². The second-order valence-electron chi connectivity index (χ2n) is 4.95. The van der Waals surface area contributed by atoms with Gasteiger partial charge >= 0.3 is 6.18 Å². The first kappa shape index (κ1) is 13.4. The molecule has 3 aromatic rings. The van der Waals surface area contributed by atoms with Gasteiger partial charge in [0.1, 0.15) is 16.7 Å². The largest absolute Gasteiger partial charge is 0.456 e. The van der Waals surface area contributed by atoms with Gasteiger partial charge in [-0.2, -0.15) is 13.2 Å². The molecule has 0 N–H and O–H groups in total. The lowest BCUT2D eigenvalue weighted by Crippen LogP contribution is -2.06. The Balaban J connectivity index is 2.07. The van der Waals surface area contributed by atoms with Crippen molar-refractivity contribution in [3.8, 4) is 22.6 Å². The van der Waals surface area contributed by atoms with Crippen LogP contribution in [0.3, 0.4) is 0 Å². The van der Waals surface area contributed by atoms with E-state index in [1.54, 1.807) is 18.2 Å². The molecule has 0 aliphatic carbocycles. The number of aromatic nitrogens is 1. The predicted octanol–water partition coefficient (Wildman–Crippen LogP) is 5.68. The van der Waals surface area contributed by atoms with Crippen molar-refractivity contribution in [2.45, 2.75) is 6.18 Å². The molecule has 2 heterocycles. The Kier molecular flexibility index (Phi) is 2.66. The van der Waals surface area contributed by atoms with Gasteiger partial charge in [0.2, 0.25) is 0 Å². The van der Waals surface area contributed by atoms with Gasteiger partial charge in [-0.15, -0.1) is 0 Å². The molecular weight excluding hydrogens is 315 g/mol. The lowest BCUT2D eigenvalue weighted by molar-refractivity contribution is -0.137. The average molecular weight is 322 g/mol. The zero-order chi connectivity index (χ0) is 15.5. The monoisotopic (exact) mass is 321 g/mol. The first-order valence-corrected chi connectivity index (χ1v) is 6.79. The summed E-state index contributed by atoms with van der Waals surface area (Å²) in [4.78, 5) is 4.07. The molecule has 0 atom stereocenters. The van der Waals surface area contributed by atoms with Crippen molar-refractivity contribution >= 4 is 22.4 Å². The summed E-state index contributed by atoms with van der Waals surface area (Å²) in [7, 11) is 0. The Hall–Kier alpha value is -2.27. The molecule has 0 saturated heterocycles. The maximum Gasteiger partial charge on any atom is 0.416 e. The molecule has 0 fully saturated rings. The summed E-state index contributed by atoms with van der Waals surface area (Å²) < 4.78 is 44.5. The molecule has 1 aliphatic rings. The number of ether oxygens (including phenoxy) is 1. The van der Waals surface area contributed by atoms with E-state index >= 15 is 0 Å². The van der Waals surface area contributed by atoms with E-state index in [1.807, 2.05) is 0 Å². The number of hydrogen-bond donors (Lipinski definition) is 0. The molecule has 0 saturated carbocycles. The Morgan fingerprint density at radius 3 is 2.59 bits per heavy atom. The van der Waals surface area contributed by atoms with E-state index in [-0.39, 0.29) is 0 Å². The van der Waals surface area contributed by atoms with Crippen molar-refractivity contribution in [1.82, 2.24) is 4.98 Å². The van der Waals surface area contributed by atoms with Gasteiger partial charge in [-0.25, -0.2) is 4.98 Å². The third kappa shape index (κ3) is 1.85. The molecule has 2 aromatic carbocycles. The second-order valence-corrected chi connectivity index (χ2v) is 5.31. The van der Waals surface area contributed by atoms with Crippen molar-refractivity contribution in [3.05, 3.63) is 53.3 Å². The van der Waals surface area contributed by atoms with Gasteiger partial charge in [0, 0.05) is 28.1 Å². The van der Waals surface area contributed by atoms with Crippen molar-refractivity contribution in [3.63, 3.8) is 0 Å². The molecule has 4 rings (SSSR count). The van der Waals surface area contributed by atoms with Gasteiger partial charge in [-0.1, -0.05) is 23.7 Å². The van der Waals surface area contributed by atoms with E-state index in [1.165, 1.54) is 12.3 Å². The van der Waals surface area contributed by atoms with Gasteiger partial charge in [-0.05, 0) is 24.3 Å². The number of alkyl halides is 3. The summed E-state index contributed by atoms with van der Waals surface area (Å²) in [6, 6.07) is 8.70. The quantitative estimate of drug-likeness (QED) is 0.389. The number of benzene rings is 2. The zero-order valence-corrected chi connectivity index (χ0v) is 11.7. The van der Waals surface area contributed by atoms with Crippen LogP contribution in [0, 0.1) is 0 Å². The molecule has 1 aliphatic heterocycles. The van der Waals surface area contributed by atoms with Crippen LogP contribution in [0.1, 0.15) is 5.56 Å². The molecular formula is C16H7ClF3NO. The fourth-order valence-corrected chi connectivity index (χ4v) is 2.86. The highest BCUT2D eigenvalue weighted by Gasteiger charge is 2.32. The minimum atomic E-state index is -4.41. The van der Waals surface area contributed by atoms with Crippen molar-refractivity contribution in [2.75, 3.05) is 0 Å². The lowest BCUT2D eigenvalue weighted by atomic mass is 9.95. The molecule has 2 nitrogen and oxygen atoms in total. The van der Waals surface area contributed by atoms with Crippen LogP contribution >= 0.6 is 11.6 Å². The second kappa shape index (κ2) is 4.36. The number of pyridine rings is 1. The summed E-state index contributed by atoms with van der Waals surface area (Å²) in [6.45, 7) is 0. The fourth-order valence-electron chi connectivity index (χ4n) is 2.65. The minimum Gasteiger partial charge on any atom is -0.456 e. The van der Waals surface area contributed by atoms with Crippen LogP contribution < -0.4 is 4.74 Å². The number of rotatable bonds is 0. The zero-order valence-electron chi connectivity index (χ0n) is 10.9. The first-order valence-electron chi connectivity index (χ1n) is 6.42. The Labute approximate surface area is 128 Å². The maximum absolute atomic E-state index is 12.9. The van der Waals surface area contributed by atoms with Crippen LogP contribution in [0.25, 0.3) is 21.9 Å². The summed E-state index contributed by atoms with van der Waals surface area (Å²) in [5.41, 5.74) is 0.224. The van der Waals surface area contributed by atoms with Gasteiger partial charge in [0.25, 0.3) is 0 Å². The Morgan fingerprint density at radius 1 is 1.00 bits per heavy atom. The van der Waals surface area contributed by atoms with Crippen LogP contribution in [0.4, 0.5) is 13.2 Å². The highest BCUT2D eigenvalue weighted by molar-refractivity contribution is 6.35. The van der Waals surface area contributed by atoms with E-state index in [9.17, 15) is 13.2 Å². The molecule has 0 spiro atoms. The molecule has 0 amide bonds. The number of fused-ring (bicyclic) bond motifs is 2. The van der Waals surface area contributed by atoms with Crippen LogP contribution in [0.15, 0.2) is 42.6 Å². The minimum absolute atomic E-state index is 0.291. The van der Waals surface area contributed by atoms with Gasteiger partial charge in [0.15, 0.2) is 0 Å². The number of hydrogen-bond acceptors (Lipinski definition) is 2. The van der Waals surface area contributed by atoms with E-state index in [0.717, 1.165) is 12.1 Å². The summed E-state index contributed by atoms with van der Waals surface area (Å²) in [6.07, 6.45) is -2.93. The molecule has 22 heavy (non-hydrogen) atoms. The molecule has 0 bridgehead atoms. The number of halogens is 4. The Morgan fingerprint density at radius 2 is 1.82 bits per heavy atom. The fraction of sp³-hybridized carbons (Fsp3) is 0.0625. The van der Waals surface area contributed by atoms with E-state index < -0.39 is 11.7 Å². The van der Waals surface area contributed by atoms with Crippen LogP contribution in [-0.4, -0.2) is 4.98 Å². The topological polar surface area (TPSA) is 22.1 Å². The normalized spacial score (nSPS) is 12.9. The van der Waals surface area contributed by atoms with Gasteiger partial charge in [0.05, 0.1) is 5.56 Å². The third-order valence-electron chi connectivity index (χ3n) is 3.64. The highest BCUT2D eigenvalue weighted by Crippen LogP contribution is 2.48. The van der Waals surface area contributed by atoms with Gasteiger partial charge < -0.3 is 4.74 Å². The SMILES string of the molecule is FC(F)(F)c1ccc2c(c1)-c1cnc(Cl)c3cccc(c13)O2. The average Bonchev–Trinajstić information content (AvgIpc) is 2.48. The van der Waals surface area contributed by atoms with Crippen LogP contribution in [0.5, 0.6) is 11.5 Å². The van der Waals surface area contributed by atoms with E-state index in [2.05, 4.69) is 4.98 Å². The van der Waals surface area contributed by atoms with Gasteiger partial charge in [-0.3, -0.25) is 0 Å². The summed E-state index contributed by atoms with van der Waals surface area (Å²) in [5.74, 6) is 0.932. The molecule has 0 unspecified atom stereocenters. The van der Waals surface area contributed by atoms with Crippen molar-refractivity contribution < 1.29 is 17.9 Å². The number of nitrogens with zero attached hydrogens (tertiary/aromatic N) is 1. The van der Waals surface area contributed by atoms with E-state index in [4.69, 9.17) is 16.3 Å². The van der Waals surface area contributed by atoms with E-state index in [0.29, 0.717) is 38.6 Å². The first-order chi connectivity index (χ1) is 10.4. The molecule has 1 aromatic heterocycles. The predicted molar refractivity (Wildman–Crippen MR) is 77.3 cm³/mol. The summed E-state index contributed by atoms with van der Waals surface area (Å²) >= 11 is 6.07. The van der Waals surface area contributed by atoms with Crippen LogP contribution in [-0.2, 0) is 6.18 Å². The highest BCUT2D eigenvalue weighted by atomic mass is 35.5.